The van der Waals surface area contributed by atoms with Gasteiger partial charge in [-0.05, 0) is 30.7 Å². The average Bonchev–Trinajstić information content (AvgIpc) is 2.58. The number of rotatable bonds is 7. The highest BCUT2D eigenvalue weighted by Crippen LogP contribution is 2.31. The number of guanidine groups is 1. The van der Waals surface area contributed by atoms with Crippen molar-refractivity contribution in [3.05, 3.63) is 54.1 Å². The quantitative estimate of drug-likeness (QED) is 0.440. The van der Waals surface area contributed by atoms with Crippen molar-refractivity contribution in [2.75, 3.05) is 13.6 Å². The van der Waals surface area contributed by atoms with E-state index in [1.165, 1.54) is 12.1 Å². The summed E-state index contributed by atoms with van der Waals surface area (Å²) in [6.45, 7) is 0.539. The molecular weight excluding hydrogens is 345 g/mol. The van der Waals surface area contributed by atoms with Crippen LogP contribution >= 0.6 is 0 Å². The van der Waals surface area contributed by atoms with Crippen molar-refractivity contribution < 1.29 is 17.9 Å². The van der Waals surface area contributed by atoms with E-state index in [0.29, 0.717) is 18.7 Å². The minimum atomic E-state index is -4.36. The van der Waals surface area contributed by atoms with Gasteiger partial charge >= 0.3 is 6.18 Å². The van der Waals surface area contributed by atoms with E-state index in [2.05, 4.69) is 5.10 Å². The van der Waals surface area contributed by atoms with Crippen LogP contribution in [-0.4, -0.2) is 30.7 Å². The molecule has 8 heteroatoms. The Hall–Kier alpha value is -2.64. The maximum Gasteiger partial charge on any atom is 0.416 e. The lowest BCUT2D eigenvalue weighted by molar-refractivity contribution is -0.137. The van der Waals surface area contributed by atoms with E-state index >= 15 is 0 Å². The molecule has 0 aliphatic heterocycles. The predicted octanol–water partition coefficient (Wildman–Crippen LogP) is 3.10. The summed E-state index contributed by atoms with van der Waals surface area (Å²) >= 11 is 0. The van der Waals surface area contributed by atoms with Gasteiger partial charge in [-0.3, -0.25) is 5.01 Å². The van der Waals surface area contributed by atoms with E-state index in [1.54, 1.807) is 12.1 Å². The van der Waals surface area contributed by atoms with Gasteiger partial charge in [0, 0.05) is 25.9 Å². The summed E-state index contributed by atoms with van der Waals surface area (Å²) in [4.78, 5) is 0. The highest BCUT2D eigenvalue weighted by Gasteiger charge is 2.30. The molecule has 1 aliphatic carbocycles. The molecule has 1 aromatic rings. The van der Waals surface area contributed by atoms with Gasteiger partial charge in [0.25, 0.3) is 0 Å². The molecule has 0 fully saturated rings. The van der Waals surface area contributed by atoms with Crippen molar-refractivity contribution in [1.82, 2.24) is 5.01 Å². The number of benzene rings is 1. The second-order valence-corrected chi connectivity index (χ2v) is 6.09. The first-order valence-corrected chi connectivity index (χ1v) is 8.23. The highest BCUT2D eigenvalue weighted by atomic mass is 19.4. The van der Waals surface area contributed by atoms with E-state index in [-0.39, 0.29) is 18.0 Å². The molecule has 1 aromatic carbocycles. The van der Waals surface area contributed by atoms with Crippen LogP contribution in [0.25, 0.3) is 0 Å². The van der Waals surface area contributed by atoms with Crippen LogP contribution in [0.1, 0.15) is 18.4 Å². The number of allylic oxidation sites excluding steroid dienone is 3. The zero-order valence-corrected chi connectivity index (χ0v) is 14.5. The van der Waals surface area contributed by atoms with Gasteiger partial charge in [-0.1, -0.05) is 24.3 Å². The minimum absolute atomic E-state index is 0.0341. The first-order valence-electron chi connectivity index (χ1n) is 8.23. The highest BCUT2D eigenvalue weighted by molar-refractivity contribution is 5.75. The number of hydrogen-bond donors (Lipinski definition) is 2. The molecule has 0 bridgehead atoms. The largest absolute Gasteiger partial charge is 0.490 e. The second-order valence-electron chi connectivity index (χ2n) is 6.09. The van der Waals surface area contributed by atoms with Gasteiger partial charge in [-0.15, -0.1) is 5.10 Å². The average molecular weight is 368 g/mol. The fourth-order valence-electron chi connectivity index (χ4n) is 2.69. The molecule has 142 valence electrons. The number of ether oxygens (including phenoxy) is 1. The van der Waals surface area contributed by atoms with Crippen LogP contribution in [0.2, 0.25) is 0 Å². The molecule has 0 aromatic heterocycles. The smallest absolute Gasteiger partial charge is 0.416 e. The van der Waals surface area contributed by atoms with Crippen LogP contribution < -0.4 is 16.2 Å². The number of halogens is 3. The third kappa shape index (κ3) is 6.02. The van der Waals surface area contributed by atoms with Gasteiger partial charge in [0.15, 0.2) is 0 Å². The summed E-state index contributed by atoms with van der Waals surface area (Å²) in [5.41, 5.74) is 10.0. The van der Waals surface area contributed by atoms with Crippen molar-refractivity contribution in [3.8, 4) is 5.75 Å². The third-order valence-corrected chi connectivity index (χ3v) is 3.98. The van der Waals surface area contributed by atoms with Crippen LogP contribution in [0.3, 0.4) is 0 Å². The minimum Gasteiger partial charge on any atom is -0.490 e. The summed E-state index contributed by atoms with van der Waals surface area (Å²) in [6, 6.07) is 4.74. The number of nitrogens with zero attached hydrogens (tertiary/aromatic N) is 2. The molecule has 0 heterocycles. The molecule has 2 atom stereocenters. The molecule has 0 amide bonds. The van der Waals surface area contributed by atoms with Gasteiger partial charge in [0.1, 0.15) is 11.9 Å². The second kappa shape index (κ2) is 8.64. The molecule has 0 saturated carbocycles. The number of hydrazone groups is 1. The molecular formula is C18H23F3N4O. The summed E-state index contributed by atoms with van der Waals surface area (Å²) in [5.74, 6) is 0.485. The molecule has 0 radical (unpaired) electrons. The Bertz CT molecular complexity index is 664. The maximum atomic E-state index is 12.7. The first kappa shape index (κ1) is 19.7. The van der Waals surface area contributed by atoms with E-state index in [9.17, 15) is 13.2 Å². The molecule has 2 rings (SSSR count). The topological polar surface area (TPSA) is 76.9 Å². The molecule has 1 aliphatic rings. The van der Waals surface area contributed by atoms with E-state index in [0.717, 1.165) is 18.6 Å². The van der Waals surface area contributed by atoms with Crippen LogP contribution in [0.15, 0.2) is 53.7 Å². The number of alkyl halides is 3. The summed E-state index contributed by atoms with van der Waals surface area (Å²) in [5, 5.41) is 5.55. The summed E-state index contributed by atoms with van der Waals surface area (Å²) < 4.78 is 44.1. The monoisotopic (exact) mass is 368 g/mol. The Morgan fingerprint density at radius 3 is 2.50 bits per heavy atom. The lowest BCUT2D eigenvalue weighted by Crippen LogP contribution is -2.32. The Kier molecular flexibility index (Phi) is 6.54. The van der Waals surface area contributed by atoms with Gasteiger partial charge < -0.3 is 16.2 Å². The zero-order chi connectivity index (χ0) is 19.2. The Morgan fingerprint density at radius 1 is 1.27 bits per heavy atom. The predicted molar refractivity (Wildman–Crippen MR) is 95.3 cm³/mol. The van der Waals surface area contributed by atoms with E-state index in [1.807, 2.05) is 24.3 Å². The molecule has 26 heavy (non-hydrogen) atoms. The maximum absolute atomic E-state index is 12.7. The molecule has 5 nitrogen and oxygen atoms in total. The van der Waals surface area contributed by atoms with Gasteiger partial charge in [0.2, 0.25) is 5.96 Å². The van der Waals surface area contributed by atoms with Crippen LogP contribution in [-0.2, 0) is 6.18 Å². The van der Waals surface area contributed by atoms with Crippen molar-refractivity contribution in [1.29, 1.82) is 0 Å². The summed E-state index contributed by atoms with van der Waals surface area (Å²) in [6.07, 6.45) is 4.80. The zero-order valence-electron chi connectivity index (χ0n) is 14.5. The van der Waals surface area contributed by atoms with Crippen LogP contribution in [0.4, 0.5) is 13.2 Å². The molecule has 4 N–H and O–H groups in total. The van der Waals surface area contributed by atoms with E-state index < -0.39 is 11.7 Å². The van der Waals surface area contributed by atoms with Crippen molar-refractivity contribution in [2.45, 2.75) is 25.1 Å². The fourth-order valence-corrected chi connectivity index (χ4v) is 2.69. The Morgan fingerprint density at radius 2 is 1.96 bits per heavy atom. The van der Waals surface area contributed by atoms with Gasteiger partial charge in [-0.2, -0.15) is 13.2 Å². The van der Waals surface area contributed by atoms with Crippen molar-refractivity contribution in [3.63, 3.8) is 0 Å². The van der Waals surface area contributed by atoms with Gasteiger partial charge in [-0.25, -0.2) is 0 Å². The summed E-state index contributed by atoms with van der Waals surface area (Å²) in [7, 11) is 1.74. The first-order chi connectivity index (χ1) is 12.3. The normalized spacial score (nSPS) is 17.6. The molecule has 0 saturated heterocycles. The van der Waals surface area contributed by atoms with Crippen LogP contribution in [0, 0.1) is 5.92 Å². The van der Waals surface area contributed by atoms with Gasteiger partial charge in [0.05, 0.1) is 5.56 Å². The Labute approximate surface area is 150 Å². The van der Waals surface area contributed by atoms with Crippen molar-refractivity contribution >= 4 is 5.96 Å². The molecule has 2 unspecified atom stereocenters. The van der Waals surface area contributed by atoms with Crippen LogP contribution in [0.5, 0.6) is 5.75 Å². The lowest BCUT2D eigenvalue weighted by atomic mass is 9.92. The van der Waals surface area contributed by atoms with Crippen molar-refractivity contribution in [2.24, 2.45) is 22.5 Å². The molecule has 0 spiro atoms. The van der Waals surface area contributed by atoms with E-state index in [4.69, 9.17) is 16.2 Å². The third-order valence-electron chi connectivity index (χ3n) is 3.98. The standard InChI is InChI=1S/C18H23F3N4O/c1-25(24-17(22)23)12-11-16(13-5-3-2-4-6-13)26-15-9-7-14(8-10-15)18(19,20)21/h2-5,7-10,13,16H,6,11-12H2,1H3,(H4,22,23,24). The fraction of sp³-hybridized carbons (Fsp3) is 0.389. The lowest BCUT2D eigenvalue weighted by Gasteiger charge is -2.27. The Balaban J connectivity index is 2.07. The number of hydrogen-bond acceptors (Lipinski definition) is 3. The number of nitrogens with two attached hydrogens (primary N) is 2. The SMILES string of the molecule is CN(CCC(Oc1ccc(C(F)(F)F)cc1)C1C=CC=CC1)N=C(N)N.